The SMILES string of the molecule is CCCCCNC(=O)CC(c1cccc(C(F)(F)F)c1)c1cnc2cc(C)ccn12. The minimum absolute atomic E-state index is 0.0507. The van der Waals surface area contributed by atoms with Gasteiger partial charge in [0.05, 0.1) is 11.3 Å². The van der Waals surface area contributed by atoms with Gasteiger partial charge in [-0.05, 0) is 42.7 Å². The number of fused-ring (bicyclic) bond motifs is 1. The third kappa shape index (κ3) is 5.20. The van der Waals surface area contributed by atoms with Crippen molar-refractivity contribution in [1.29, 1.82) is 0 Å². The molecule has 2 heterocycles. The first-order valence-electron chi connectivity index (χ1n) is 10.2. The molecule has 0 spiro atoms. The van der Waals surface area contributed by atoms with Crippen LogP contribution >= 0.6 is 0 Å². The molecule has 2 aromatic heterocycles. The van der Waals surface area contributed by atoms with E-state index in [1.165, 1.54) is 6.07 Å². The monoisotopic (exact) mass is 417 g/mol. The van der Waals surface area contributed by atoms with Gasteiger partial charge in [-0.25, -0.2) is 4.98 Å². The lowest BCUT2D eigenvalue weighted by Crippen LogP contribution is -2.26. The predicted molar refractivity (Wildman–Crippen MR) is 110 cm³/mol. The molecule has 0 bridgehead atoms. The molecule has 0 aliphatic heterocycles. The number of nitrogens with zero attached hydrogens (tertiary/aromatic N) is 2. The summed E-state index contributed by atoms with van der Waals surface area (Å²) in [4.78, 5) is 17.0. The second-order valence-corrected chi connectivity index (χ2v) is 7.55. The fourth-order valence-corrected chi connectivity index (χ4v) is 3.55. The second kappa shape index (κ2) is 9.32. The Morgan fingerprint density at radius 2 is 2.00 bits per heavy atom. The standard InChI is InChI=1S/C23H26F3N3O/c1-3-4-5-10-27-22(30)14-19(17-7-6-8-18(13-17)23(24,25)26)20-15-28-21-12-16(2)9-11-29(20)21/h6-9,11-13,15,19H,3-5,10,14H2,1-2H3,(H,27,30). The summed E-state index contributed by atoms with van der Waals surface area (Å²) in [6.45, 7) is 4.59. The Morgan fingerprint density at radius 3 is 2.73 bits per heavy atom. The van der Waals surface area contributed by atoms with Gasteiger partial charge in [0.25, 0.3) is 0 Å². The smallest absolute Gasteiger partial charge is 0.356 e. The van der Waals surface area contributed by atoms with E-state index in [4.69, 9.17) is 0 Å². The van der Waals surface area contributed by atoms with Crippen LogP contribution in [0.1, 0.15) is 60.9 Å². The highest BCUT2D eigenvalue weighted by Gasteiger charge is 2.32. The van der Waals surface area contributed by atoms with Gasteiger partial charge < -0.3 is 9.72 Å². The lowest BCUT2D eigenvalue weighted by Gasteiger charge is -2.19. The highest BCUT2D eigenvalue weighted by molar-refractivity contribution is 5.77. The Kier molecular flexibility index (Phi) is 6.80. The van der Waals surface area contributed by atoms with Crippen molar-refractivity contribution in [3.8, 4) is 0 Å². The summed E-state index contributed by atoms with van der Waals surface area (Å²) in [5.74, 6) is -0.730. The van der Waals surface area contributed by atoms with Crippen molar-refractivity contribution in [1.82, 2.24) is 14.7 Å². The Hall–Kier alpha value is -2.83. The molecule has 3 aromatic rings. The van der Waals surface area contributed by atoms with Gasteiger partial charge in [-0.1, -0.05) is 38.0 Å². The van der Waals surface area contributed by atoms with Gasteiger partial charge in [0.15, 0.2) is 0 Å². The van der Waals surface area contributed by atoms with Crippen LogP contribution in [0.25, 0.3) is 5.65 Å². The molecule has 0 fully saturated rings. The first-order chi connectivity index (χ1) is 14.3. The van der Waals surface area contributed by atoms with E-state index < -0.39 is 17.7 Å². The van der Waals surface area contributed by atoms with Crippen LogP contribution in [-0.4, -0.2) is 21.8 Å². The van der Waals surface area contributed by atoms with Gasteiger partial charge in [0.1, 0.15) is 5.65 Å². The Morgan fingerprint density at radius 1 is 1.20 bits per heavy atom. The van der Waals surface area contributed by atoms with Crippen LogP contribution in [0.3, 0.4) is 0 Å². The number of unbranched alkanes of at least 4 members (excludes halogenated alkanes) is 2. The molecule has 0 aliphatic rings. The van der Waals surface area contributed by atoms with E-state index >= 15 is 0 Å². The minimum Gasteiger partial charge on any atom is -0.356 e. The molecule has 3 rings (SSSR count). The minimum atomic E-state index is -4.44. The highest BCUT2D eigenvalue weighted by atomic mass is 19.4. The number of hydrogen-bond donors (Lipinski definition) is 1. The largest absolute Gasteiger partial charge is 0.416 e. The van der Waals surface area contributed by atoms with Crippen LogP contribution in [-0.2, 0) is 11.0 Å². The zero-order valence-electron chi connectivity index (χ0n) is 17.2. The van der Waals surface area contributed by atoms with Crippen LogP contribution in [0.2, 0.25) is 0 Å². The maximum atomic E-state index is 13.3. The summed E-state index contributed by atoms with van der Waals surface area (Å²) in [6.07, 6.45) is 2.03. The Labute approximate surface area is 174 Å². The Balaban J connectivity index is 1.96. The highest BCUT2D eigenvalue weighted by Crippen LogP contribution is 2.34. The van der Waals surface area contributed by atoms with Gasteiger partial charge >= 0.3 is 6.18 Å². The quantitative estimate of drug-likeness (QED) is 0.493. The molecule has 1 unspecified atom stereocenters. The molecule has 7 heteroatoms. The third-order valence-corrected chi connectivity index (χ3v) is 5.16. The van der Waals surface area contributed by atoms with Gasteiger partial charge in [0.2, 0.25) is 5.91 Å². The number of nitrogens with one attached hydrogen (secondary N) is 1. The molecule has 160 valence electrons. The van der Waals surface area contributed by atoms with Crippen LogP contribution in [0, 0.1) is 6.92 Å². The number of alkyl halides is 3. The Bertz CT molecular complexity index is 1010. The van der Waals surface area contributed by atoms with Crippen LogP contribution in [0.4, 0.5) is 13.2 Å². The van der Waals surface area contributed by atoms with E-state index in [9.17, 15) is 18.0 Å². The van der Waals surface area contributed by atoms with Crippen molar-refractivity contribution < 1.29 is 18.0 Å². The molecule has 4 nitrogen and oxygen atoms in total. The molecular weight excluding hydrogens is 391 g/mol. The molecule has 0 saturated carbocycles. The predicted octanol–water partition coefficient (Wildman–Crippen LogP) is 5.49. The van der Waals surface area contributed by atoms with Crippen molar-refractivity contribution in [2.45, 2.75) is 51.6 Å². The maximum absolute atomic E-state index is 13.3. The molecule has 1 N–H and O–H groups in total. The summed E-state index contributed by atoms with van der Waals surface area (Å²) in [5.41, 5.74) is 2.14. The van der Waals surface area contributed by atoms with Gasteiger partial charge in [-0.3, -0.25) is 4.79 Å². The van der Waals surface area contributed by atoms with E-state index in [0.717, 1.165) is 37.0 Å². The van der Waals surface area contributed by atoms with E-state index in [2.05, 4.69) is 17.2 Å². The number of rotatable bonds is 8. The molecule has 1 aromatic carbocycles. The summed E-state index contributed by atoms with van der Waals surface area (Å²) < 4.78 is 41.7. The fraction of sp³-hybridized carbons (Fsp3) is 0.391. The lowest BCUT2D eigenvalue weighted by atomic mass is 9.91. The summed E-state index contributed by atoms with van der Waals surface area (Å²) >= 11 is 0. The van der Waals surface area contributed by atoms with E-state index in [0.29, 0.717) is 23.4 Å². The zero-order chi connectivity index (χ0) is 21.7. The molecule has 1 amide bonds. The molecule has 30 heavy (non-hydrogen) atoms. The van der Waals surface area contributed by atoms with Crippen molar-refractivity contribution in [3.05, 3.63) is 71.2 Å². The molecule has 0 radical (unpaired) electrons. The summed E-state index contributed by atoms with van der Waals surface area (Å²) in [6, 6.07) is 9.01. The number of halogens is 3. The number of benzene rings is 1. The van der Waals surface area contributed by atoms with Crippen molar-refractivity contribution in [3.63, 3.8) is 0 Å². The molecule has 0 aliphatic carbocycles. The number of carbonyl (C=O) groups is 1. The van der Waals surface area contributed by atoms with Gasteiger partial charge in [0, 0.05) is 31.3 Å². The number of imidazole rings is 1. The summed E-state index contributed by atoms with van der Waals surface area (Å²) in [7, 11) is 0. The number of carbonyl (C=O) groups excluding carboxylic acids is 1. The van der Waals surface area contributed by atoms with Gasteiger partial charge in [-0.15, -0.1) is 0 Å². The lowest BCUT2D eigenvalue weighted by molar-refractivity contribution is -0.137. The van der Waals surface area contributed by atoms with Crippen molar-refractivity contribution in [2.75, 3.05) is 6.54 Å². The summed E-state index contributed by atoms with van der Waals surface area (Å²) in [5, 5.41) is 2.89. The van der Waals surface area contributed by atoms with Crippen LogP contribution < -0.4 is 5.32 Å². The van der Waals surface area contributed by atoms with Gasteiger partial charge in [-0.2, -0.15) is 13.2 Å². The number of amides is 1. The van der Waals surface area contributed by atoms with E-state index in [1.807, 2.05) is 29.7 Å². The number of hydrogen-bond acceptors (Lipinski definition) is 2. The van der Waals surface area contributed by atoms with Crippen LogP contribution in [0.5, 0.6) is 0 Å². The average molecular weight is 417 g/mol. The number of aromatic nitrogens is 2. The topological polar surface area (TPSA) is 46.4 Å². The fourth-order valence-electron chi connectivity index (χ4n) is 3.55. The van der Waals surface area contributed by atoms with Crippen LogP contribution in [0.15, 0.2) is 48.8 Å². The number of aryl methyl sites for hydroxylation is 1. The molecular formula is C23H26F3N3O. The van der Waals surface area contributed by atoms with Crippen molar-refractivity contribution >= 4 is 11.6 Å². The first kappa shape index (κ1) is 21.9. The average Bonchev–Trinajstić information content (AvgIpc) is 3.11. The van der Waals surface area contributed by atoms with Crippen molar-refractivity contribution in [2.24, 2.45) is 0 Å². The van der Waals surface area contributed by atoms with E-state index in [-0.39, 0.29) is 12.3 Å². The zero-order valence-corrected chi connectivity index (χ0v) is 17.2. The van der Waals surface area contributed by atoms with E-state index in [1.54, 1.807) is 12.3 Å². The first-order valence-corrected chi connectivity index (χ1v) is 10.2. The maximum Gasteiger partial charge on any atom is 0.416 e. The third-order valence-electron chi connectivity index (χ3n) is 5.16. The number of pyridine rings is 1. The molecule has 1 atom stereocenters. The second-order valence-electron chi connectivity index (χ2n) is 7.55. The normalized spacial score (nSPS) is 12.8. The molecule has 0 saturated heterocycles.